The monoisotopic (exact) mass is 350 g/mol. The summed E-state index contributed by atoms with van der Waals surface area (Å²) in [5.74, 6) is -0.0159. The number of hydrogen-bond donors (Lipinski definition) is 0. The van der Waals surface area contributed by atoms with E-state index in [4.69, 9.17) is 0 Å². The minimum atomic E-state index is -0.538. The van der Waals surface area contributed by atoms with E-state index in [1.807, 2.05) is 32.2 Å². The van der Waals surface area contributed by atoms with Gasteiger partial charge in [-0.3, -0.25) is 14.6 Å². The summed E-state index contributed by atoms with van der Waals surface area (Å²) >= 11 is 0. The van der Waals surface area contributed by atoms with Crippen molar-refractivity contribution in [2.24, 2.45) is 5.41 Å². The van der Waals surface area contributed by atoms with Crippen molar-refractivity contribution in [3.05, 3.63) is 59.7 Å². The lowest BCUT2D eigenvalue weighted by molar-refractivity contribution is -0.134. The smallest absolute Gasteiger partial charge is 0.274 e. The Morgan fingerprint density at radius 3 is 2.58 bits per heavy atom. The molecule has 3 heterocycles. The Morgan fingerprint density at radius 1 is 1.19 bits per heavy atom. The van der Waals surface area contributed by atoms with Gasteiger partial charge in [-0.1, -0.05) is 30.3 Å². The summed E-state index contributed by atoms with van der Waals surface area (Å²) in [6.07, 6.45) is 3.89. The van der Waals surface area contributed by atoms with Crippen LogP contribution in [0.25, 0.3) is 0 Å². The van der Waals surface area contributed by atoms with Crippen molar-refractivity contribution in [1.29, 1.82) is 0 Å². The quantitative estimate of drug-likeness (QED) is 0.829. The average Bonchev–Trinajstić information content (AvgIpc) is 3.19. The highest BCUT2D eigenvalue weighted by Crippen LogP contribution is 2.49. The van der Waals surface area contributed by atoms with Crippen molar-refractivity contribution < 1.29 is 9.59 Å². The van der Waals surface area contributed by atoms with Gasteiger partial charge < -0.3 is 9.80 Å². The van der Waals surface area contributed by atoms with E-state index in [0.29, 0.717) is 18.8 Å². The number of aryl methyl sites for hydroxylation is 1. The number of amides is 2. The van der Waals surface area contributed by atoms with Crippen molar-refractivity contribution in [2.75, 3.05) is 26.7 Å². The lowest BCUT2D eigenvalue weighted by Crippen LogP contribution is -2.39. The molecular weight excluding hydrogens is 328 g/mol. The van der Waals surface area contributed by atoms with Crippen molar-refractivity contribution in [1.82, 2.24) is 19.8 Å². The molecule has 0 bridgehead atoms. The Kier molecular flexibility index (Phi) is 3.98. The van der Waals surface area contributed by atoms with E-state index in [0.717, 1.165) is 24.2 Å². The fraction of sp³-hybridized carbons (Fsp3) is 0.400. The molecule has 2 atom stereocenters. The van der Waals surface area contributed by atoms with Crippen LogP contribution in [0.1, 0.15) is 34.1 Å². The van der Waals surface area contributed by atoms with E-state index in [1.54, 1.807) is 16.0 Å². The van der Waals surface area contributed by atoms with E-state index in [-0.39, 0.29) is 17.7 Å². The molecule has 2 aromatic rings. The average molecular weight is 350 g/mol. The van der Waals surface area contributed by atoms with Crippen LogP contribution in [-0.4, -0.2) is 58.3 Å². The highest BCUT2D eigenvalue weighted by molar-refractivity contribution is 5.94. The normalized spacial score (nSPS) is 25.3. The maximum absolute atomic E-state index is 13.0. The summed E-state index contributed by atoms with van der Waals surface area (Å²) in [5, 5.41) is 0. The van der Waals surface area contributed by atoms with E-state index in [1.165, 1.54) is 6.20 Å². The van der Waals surface area contributed by atoms with E-state index >= 15 is 0 Å². The summed E-state index contributed by atoms with van der Waals surface area (Å²) in [7, 11) is 1.84. The van der Waals surface area contributed by atoms with Gasteiger partial charge in [0.05, 0.1) is 17.3 Å². The lowest BCUT2D eigenvalue weighted by atomic mass is 9.73. The molecule has 0 radical (unpaired) electrons. The van der Waals surface area contributed by atoms with Gasteiger partial charge in [0.2, 0.25) is 5.91 Å². The molecule has 2 amide bonds. The van der Waals surface area contributed by atoms with E-state index in [2.05, 4.69) is 22.1 Å². The molecule has 2 fully saturated rings. The molecular formula is C20H22N4O2. The summed E-state index contributed by atoms with van der Waals surface area (Å²) in [5.41, 5.74) is 1.68. The molecule has 1 aromatic heterocycles. The number of likely N-dealkylation sites (tertiary alicyclic amines) is 2. The highest BCUT2D eigenvalue weighted by atomic mass is 16.2. The van der Waals surface area contributed by atoms with Gasteiger partial charge in [-0.05, 0) is 18.9 Å². The van der Waals surface area contributed by atoms with E-state index < -0.39 is 5.41 Å². The Bertz CT molecular complexity index is 837. The molecule has 2 saturated heterocycles. The molecule has 26 heavy (non-hydrogen) atoms. The first-order chi connectivity index (χ1) is 12.5. The van der Waals surface area contributed by atoms with Crippen LogP contribution >= 0.6 is 0 Å². The van der Waals surface area contributed by atoms with Gasteiger partial charge in [0.25, 0.3) is 5.91 Å². The Hall–Kier alpha value is -2.76. The second-order valence-corrected chi connectivity index (χ2v) is 7.32. The molecule has 0 N–H and O–H groups in total. The maximum atomic E-state index is 13.0. The predicted molar refractivity (Wildman–Crippen MR) is 96.5 cm³/mol. The molecule has 0 saturated carbocycles. The summed E-state index contributed by atoms with van der Waals surface area (Å²) in [6.45, 7) is 3.53. The van der Waals surface area contributed by atoms with Crippen LogP contribution in [-0.2, 0) is 4.79 Å². The number of hydrogen-bond acceptors (Lipinski definition) is 4. The standard InChI is InChI=1S/C20H22N4O2/c1-14-10-22-17(11-21-14)18(25)24-12-16(15-6-4-3-5-7-15)20(13-24)8-9-23(2)19(20)26/h3-7,10-11,16H,8-9,12-13H2,1-2H3/t16-,20+/m0/s1. The van der Waals surface area contributed by atoms with Crippen molar-refractivity contribution >= 4 is 11.8 Å². The number of aromatic nitrogens is 2. The molecule has 1 spiro atoms. The minimum absolute atomic E-state index is 0.00325. The SMILES string of the molecule is Cc1cnc(C(=O)N2C[C@@H](c3ccccc3)[C@@]3(CCN(C)C3=O)C2)cn1. The van der Waals surface area contributed by atoms with Gasteiger partial charge in [0.15, 0.2) is 0 Å². The third-order valence-electron chi connectivity index (χ3n) is 5.70. The third kappa shape index (κ3) is 2.57. The molecule has 0 aliphatic carbocycles. The number of nitrogens with zero attached hydrogens (tertiary/aromatic N) is 4. The van der Waals surface area contributed by atoms with Crippen molar-refractivity contribution in [2.45, 2.75) is 19.3 Å². The fourth-order valence-corrected chi connectivity index (χ4v) is 4.27. The molecule has 2 aliphatic rings. The van der Waals surface area contributed by atoms with Gasteiger partial charge in [0, 0.05) is 38.8 Å². The molecule has 1 aromatic carbocycles. The second kappa shape index (κ2) is 6.20. The van der Waals surface area contributed by atoms with Gasteiger partial charge >= 0.3 is 0 Å². The van der Waals surface area contributed by atoms with Crippen LogP contribution in [0, 0.1) is 12.3 Å². The van der Waals surface area contributed by atoms with Gasteiger partial charge in [-0.25, -0.2) is 4.98 Å². The van der Waals surface area contributed by atoms with Crippen LogP contribution in [0.3, 0.4) is 0 Å². The van der Waals surface area contributed by atoms with Crippen molar-refractivity contribution in [3.8, 4) is 0 Å². The molecule has 4 rings (SSSR count). The maximum Gasteiger partial charge on any atom is 0.274 e. The van der Waals surface area contributed by atoms with Gasteiger partial charge in [-0.15, -0.1) is 0 Å². The summed E-state index contributed by atoms with van der Waals surface area (Å²) in [6, 6.07) is 10.1. The van der Waals surface area contributed by atoms with Crippen LogP contribution in [0.2, 0.25) is 0 Å². The number of rotatable bonds is 2. The van der Waals surface area contributed by atoms with Crippen LogP contribution in [0.15, 0.2) is 42.7 Å². The molecule has 0 unspecified atom stereocenters. The van der Waals surface area contributed by atoms with Gasteiger partial charge in [0.1, 0.15) is 5.69 Å². The molecule has 134 valence electrons. The Labute approximate surface area is 152 Å². The van der Waals surface area contributed by atoms with Gasteiger partial charge in [-0.2, -0.15) is 0 Å². The molecule has 2 aliphatic heterocycles. The first-order valence-corrected chi connectivity index (χ1v) is 8.90. The second-order valence-electron chi connectivity index (χ2n) is 7.32. The summed E-state index contributed by atoms with van der Waals surface area (Å²) < 4.78 is 0. The number of benzene rings is 1. The zero-order chi connectivity index (χ0) is 18.3. The Morgan fingerprint density at radius 2 is 1.96 bits per heavy atom. The zero-order valence-corrected chi connectivity index (χ0v) is 15.1. The zero-order valence-electron chi connectivity index (χ0n) is 15.1. The lowest BCUT2D eigenvalue weighted by Gasteiger charge is -2.28. The van der Waals surface area contributed by atoms with Crippen LogP contribution < -0.4 is 0 Å². The first kappa shape index (κ1) is 16.7. The highest BCUT2D eigenvalue weighted by Gasteiger charge is 2.57. The van der Waals surface area contributed by atoms with Crippen LogP contribution in [0.4, 0.5) is 0 Å². The number of carbonyl (C=O) groups excluding carboxylic acids is 2. The minimum Gasteiger partial charge on any atom is -0.345 e. The number of carbonyl (C=O) groups is 2. The van der Waals surface area contributed by atoms with Crippen molar-refractivity contribution in [3.63, 3.8) is 0 Å². The molecule has 6 heteroatoms. The van der Waals surface area contributed by atoms with Crippen LogP contribution in [0.5, 0.6) is 0 Å². The Balaban J connectivity index is 1.69. The summed E-state index contributed by atoms with van der Waals surface area (Å²) in [4.78, 5) is 37.9. The predicted octanol–water partition coefficient (Wildman–Crippen LogP) is 1.87. The molecule has 6 nitrogen and oxygen atoms in total. The topological polar surface area (TPSA) is 66.4 Å². The fourth-order valence-electron chi connectivity index (χ4n) is 4.27. The largest absolute Gasteiger partial charge is 0.345 e. The first-order valence-electron chi connectivity index (χ1n) is 8.90. The third-order valence-corrected chi connectivity index (χ3v) is 5.70. The van der Waals surface area contributed by atoms with E-state index in [9.17, 15) is 9.59 Å².